The van der Waals surface area contributed by atoms with Gasteiger partial charge < -0.3 is 4.74 Å². The number of rotatable bonds is 4. The third kappa shape index (κ3) is 3.32. The van der Waals surface area contributed by atoms with Gasteiger partial charge in [0.1, 0.15) is 18.4 Å². The SMILES string of the molecule is C=C(C#N)C(=CC)OCc1ccccc1. The van der Waals surface area contributed by atoms with E-state index >= 15 is 0 Å². The lowest BCUT2D eigenvalue weighted by atomic mass is 10.2. The molecule has 1 aromatic rings. The summed E-state index contributed by atoms with van der Waals surface area (Å²) in [7, 11) is 0. The predicted octanol–water partition coefficient (Wildman–Crippen LogP) is 3.19. The molecule has 0 radical (unpaired) electrons. The quantitative estimate of drug-likeness (QED) is 0.424. The van der Waals surface area contributed by atoms with Crippen LogP contribution in [0, 0.1) is 11.3 Å². The molecule has 0 unspecified atom stereocenters. The summed E-state index contributed by atoms with van der Waals surface area (Å²) >= 11 is 0. The Balaban J connectivity index is 2.58. The molecule has 0 saturated carbocycles. The Bertz CT molecular complexity index is 398. The lowest BCUT2D eigenvalue weighted by molar-refractivity contribution is 0.208. The number of nitrogens with zero attached hydrogens (tertiary/aromatic N) is 1. The smallest absolute Gasteiger partial charge is 0.132 e. The molecule has 0 aliphatic rings. The van der Waals surface area contributed by atoms with E-state index in [0.717, 1.165) is 5.56 Å². The molecule has 0 spiro atoms. The molecule has 15 heavy (non-hydrogen) atoms. The Kier molecular flexibility index (Phi) is 4.18. The van der Waals surface area contributed by atoms with E-state index in [1.54, 1.807) is 6.08 Å². The minimum atomic E-state index is 0.355. The monoisotopic (exact) mass is 199 g/mol. The summed E-state index contributed by atoms with van der Waals surface area (Å²) < 4.78 is 5.47. The highest BCUT2D eigenvalue weighted by atomic mass is 16.5. The first kappa shape index (κ1) is 11.1. The lowest BCUT2D eigenvalue weighted by Crippen LogP contribution is -1.94. The normalized spacial score (nSPS) is 10.5. The molecule has 0 heterocycles. The average molecular weight is 199 g/mol. The third-order valence-corrected chi connectivity index (χ3v) is 1.93. The fourth-order valence-electron chi connectivity index (χ4n) is 1.14. The molecule has 2 heteroatoms. The van der Waals surface area contributed by atoms with Crippen molar-refractivity contribution in [2.24, 2.45) is 0 Å². The van der Waals surface area contributed by atoms with E-state index in [0.29, 0.717) is 17.9 Å². The van der Waals surface area contributed by atoms with Crippen molar-refractivity contribution in [1.29, 1.82) is 5.26 Å². The van der Waals surface area contributed by atoms with E-state index in [-0.39, 0.29) is 0 Å². The van der Waals surface area contributed by atoms with Gasteiger partial charge in [-0.2, -0.15) is 5.26 Å². The van der Waals surface area contributed by atoms with Crippen molar-refractivity contribution < 1.29 is 4.74 Å². The molecule has 0 aliphatic heterocycles. The summed E-state index contributed by atoms with van der Waals surface area (Å²) in [5.41, 5.74) is 1.43. The first-order chi connectivity index (χ1) is 7.27. The molecule has 0 aliphatic carbocycles. The van der Waals surface area contributed by atoms with Crippen LogP contribution in [0.2, 0.25) is 0 Å². The molecule has 1 aromatic carbocycles. The molecule has 0 atom stereocenters. The highest BCUT2D eigenvalue weighted by Crippen LogP contribution is 2.11. The summed E-state index contributed by atoms with van der Waals surface area (Å²) in [6.45, 7) is 5.88. The van der Waals surface area contributed by atoms with Crippen molar-refractivity contribution in [2.45, 2.75) is 13.5 Å². The minimum absolute atomic E-state index is 0.355. The Morgan fingerprint density at radius 2 is 2.13 bits per heavy atom. The van der Waals surface area contributed by atoms with Crippen LogP contribution in [0.15, 0.2) is 54.3 Å². The van der Waals surface area contributed by atoms with E-state index in [2.05, 4.69) is 6.58 Å². The molecular formula is C13H13NO. The minimum Gasteiger partial charge on any atom is -0.488 e. The third-order valence-electron chi connectivity index (χ3n) is 1.93. The Hall–Kier alpha value is -2.01. The van der Waals surface area contributed by atoms with Crippen LogP contribution in [0.1, 0.15) is 12.5 Å². The molecule has 2 nitrogen and oxygen atoms in total. The summed E-state index contributed by atoms with van der Waals surface area (Å²) in [5, 5.41) is 8.66. The maximum absolute atomic E-state index is 8.66. The Morgan fingerprint density at radius 3 is 2.67 bits per heavy atom. The Morgan fingerprint density at radius 1 is 1.47 bits per heavy atom. The van der Waals surface area contributed by atoms with Crippen molar-refractivity contribution in [2.75, 3.05) is 0 Å². The molecular weight excluding hydrogens is 186 g/mol. The fourth-order valence-corrected chi connectivity index (χ4v) is 1.14. The van der Waals surface area contributed by atoms with Crippen LogP contribution in [0.3, 0.4) is 0 Å². The standard InChI is InChI=1S/C13H13NO/c1-3-13(11(2)9-14)15-10-12-7-5-4-6-8-12/h3-8H,2,10H2,1H3. The second kappa shape index (κ2) is 5.66. The zero-order valence-corrected chi connectivity index (χ0v) is 8.73. The number of nitriles is 1. The van der Waals surface area contributed by atoms with Gasteiger partial charge in [-0.15, -0.1) is 0 Å². The largest absolute Gasteiger partial charge is 0.488 e. The molecule has 0 aromatic heterocycles. The second-order valence-corrected chi connectivity index (χ2v) is 3.02. The van der Waals surface area contributed by atoms with Crippen molar-refractivity contribution in [3.63, 3.8) is 0 Å². The van der Waals surface area contributed by atoms with Crippen LogP contribution in [-0.2, 0) is 11.3 Å². The van der Waals surface area contributed by atoms with Crippen LogP contribution in [0.4, 0.5) is 0 Å². The zero-order chi connectivity index (χ0) is 11.1. The predicted molar refractivity (Wildman–Crippen MR) is 59.7 cm³/mol. The van der Waals surface area contributed by atoms with Crippen molar-refractivity contribution in [3.8, 4) is 6.07 Å². The zero-order valence-electron chi connectivity index (χ0n) is 8.73. The van der Waals surface area contributed by atoms with Crippen molar-refractivity contribution in [3.05, 3.63) is 59.9 Å². The van der Waals surface area contributed by atoms with Gasteiger partial charge in [-0.25, -0.2) is 0 Å². The van der Waals surface area contributed by atoms with Crippen LogP contribution in [0.25, 0.3) is 0 Å². The topological polar surface area (TPSA) is 33.0 Å². The average Bonchev–Trinajstić information content (AvgIpc) is 2.31. The van der Waals surface area contributed by atoms with E-state index in [1.807, 2.05) is 43.3 Å². The molecule has 0 saturated heterocycles. The van der Waals surface area contributed by atoms with Gasteiger partial charge >= 0.3 is 0 Å². The maximum atomic E-state index is 8.66. The van der Waals surface area contributed by atoms with Gasteiger partial charge in [0, 0.05) is 0 Å². The van der Waals surface area contributed by atoms with E-state index in [4.69, 9.17) is 10.00 Å². The van der Waals surface area contributed by atoms with E-state index in [1.165, 1.54) is 0 Å². The highest BCUT2D eigenvalue weighted by molar-refractivity contribution is 5.35. The second-order valence-electron chi connectivity index (χ2n) is 3.02. The highest BCUT2D eigenvalue weighted by Gasteiger charge is 2.01. The van der Waals surface area contributed by atoms with Gasteiger partial charge in [-0.05, 0) is 18.6 Å². The molecule has 1 rings (SSSR count). The lowest BCUT2D eigenvalue weighted by Gasteiger charge is -2.08. The molecule has 76 valence electrons. The van der Waals surface area contributed by atoms with Gasteiger partial charge in [0.15, 0.2) is 0 Å². The molecule has 0 N–H and O–H groups in total. The van der Waals surface area contributed by atoms with Crippen LogP contribution in [0.5, 0.6) is 0 Å². The summed E-state index contributed by atoms with van der Waals surface area (Å²) in [6.07, 6.45) is 1.74. The van der Waals surface area contributed by atoms with Gasteiger partial charge in [0.2, 0.25) is 0 Å². The van der Waals surface area contributed by atoms with Crippen LogP contribution >= 0.6 is 0 Å². The van der Waals surface area contributed by atoms with Gasteiger partial charge in [0.25, 0.3) is 0 Å². The van der Waals surface area contributed by atoms with E-state index in [9.17, 15) is 0 Å². The van der Waals surface area contributed by atoms with Gasteiger partial charge in [-0.1, -0.05) is 36.9 Å². The van der Waals surface area contributed by atoms with E-state index < -0.39 is 0 Å². The fraction of sp³-hybridized carbons (Fsp3) is 0.154. The molecule has 0 bridgehead atoms. The molecule has 0 amide bonds. The number of benzene rings is 1. The van der Waals surface area contributed by atoms with Gasteiger partial charge in [0.05, 0.1) is 5.57 Å². The first-order valence-electron chi connectivity index (χ1n) is 4.70. The van der Waals surface area contributed by atoms with Crippen molar-refractivity contribution >= 4 is 0 Å². The van der Waals surface area contributed by atoms with Crippen molar-refractivity contribution in [1.82, 2.24) is 0 Å². The van der Waals surface area contributed by atoms with Crippen LogP contribution in [-0.4, -0.2) is 0 Å². The van der Waals surface area contributed by atoms with Gasteiger partial charge in [-0.3, -0.25) is 0 Å². The molecule has 0 fully saturated rings. The summed E-state index contributed by atoms with van der Waals surface area (Å²) in [6, 6.07) is 11.8. The number of allylic oxidation sites excluding steroid dienone is 2. The van der Waals surface area contributed by atoms with Crippen LogP contribution < -0.4 is 0 Å². The Labute approximate surface area is 90.1 Å². The summed E-state index contributed by atoms with van der Waals surface area (Å²) in [5.74, 6) is 0.543. The summed E-state index contributed by atoms with van der Waals surface area (Å²) in [4.78, 5) is 0. The first-order valence-corrected chi connectivity index (χ1v) is 4.70. The maximum Gasteiger partial charge on any atom is 0.132 e. The number of ether oxygens (including phenoxy) is 1. The number of hydrogen-bond acceptors (Lipinski definition) is 2. The number of hydrogen-bond donors (Lipinski definition) is 0.